The summed E-state index contributed by atoms with van der Waals surface area (Å²) in [5.41, 5.74) is 3.29. The minimum atomic E-state index is 0.156. The Hall–Kier alpha value is -1.65. The lowest BCUT2D eigenvalue weighted by Gasteiger charge is -2.33. The van der Waals surface area contributed by atoms with E-state index in [2.05, 4.69) is 57.4 Å². The second kappa shape index (κ2) is 7.88. The fourth-order valence-corrected chi connectivity index (χ4v) is 6.52. The molecule has 0 unspecified atom stereocenters. The number of likely N-dealkylation sites (tertiary alicyclic amines) is 1. The van der Waals surface area contributed by atoms with Crippen LogP contribution in [0.15, 0.2) is 47.2 Å². The number of carbonyl (C=O) groups excluding carboxylic acids is 1. The summed E-state index contributed by atoms with van der Waals surface area (Å²) in [5.74, 6) is 0.568. The van der Waals surface area contributed by atoms with Gasteiger partial charge in [-0.3, -0.25) is 9.69 Å². The van der Waals surface area contributed by atoms with Crippen LogP contribution in [-0.2, 0) is 16.8 Å². The average molecular weight is 409 g/mol. The SMILES string of the molecule is O=C(NCC1(c2ccccc2)CCCC1)[C@@H]1CC12CCN(Cc1ccsc1)CC2. The molecule has 4 heteroatoms. The van der Waals surface area contributed by atoms with Gasteiger partial charge in [0.2, 0.25) is 5.91 Å². The van der Waals surface area contributed by atoms with Crippen LogP contribution in [0.3, 0.4) is 0 Å². The smallest absolute Gasteiger partial charge is 0.223 e. The van der Waals surface area contributed by atoms with E-state index in [0.717, 1.165) is 32.6 Å². The summed E-state index contributed by atoms with van der Waals surface area (Å²) >= 11 is 1.78. The zero-order valence-electron chi connectivity index (χ0n) is 17.2. The fraction of sp³-hybridized carbons (Fsp3) is 0.560. The van der Waals surface area contributed by atoms with E-state index in [1.54, 1.807) is 11.3 Å². The molecule has 1 aromatic heterocycles. The number of piperidine rings is 1. The van der Waals surface area contributed by atoms with E-state index in [0.29, 0.717) is 11.3 Å². The lowest BCUT2D eigenvalue weighted by atomic mass is 9.78. The van der Waals surface area contributed by atoms with Crippen molar-refractivity contribution in [3.8, 4) is 0 Å². The highest BCUT2D eigenvalue weighted by molar-refractivity contribution is 7.07. The predicted molar refractivity (Wildman–Crippen MR) is 119 cm³/mol. The highest BCUT2D eigenvalue weighted by Crippen LogP contribution is 2.59. The second-order valence-electron chi connectivity index (χ2n) is 9.60. The van der Waals surface area contributed by atoms with Gasteiger partial charge in [-0.25, -0.2) is 0 Å². The summed E-state index contributed by atoms with van der Waals surface area (Å²) in [6, 6.07) is 13.1. The Morgan fingerprint density at radius 2 is 1.83 bits per heavy atom. The number of rotatable bonds is 6. The molecule has 1 atom stereocenters. The van der Waals surface area contributed by atoms with Crippen LogP contribution in [0.5, 0.6) is 0 Å². The zero-order valence-corrected chi connectivity index (χ0v) is 18.1. The second-order valence-corrected chi connectivity index (χ2v) is 10.4. The third kappa shape index (κ3) is 3.89. The molecule has 3 nitrogen and oxygen atoms in total. The quantitative estimate of drug-likeness (QED) is 0.731. The topological polar surface area (TPSA) is 32.3 Å². The number of nitrogens with one attached hydrogen (secondary N) is 1. The van der Waals surface area contributed by atoms with Crippen molar-refractivity contribution in [1.29, 1.82) is 0 Å². The first-order valence-electron chi connectivity index (χ1n) is 11.3. The molecule has 29 heavy (non-hydrogen) atoms. The van der Waals surface area contributed by atoms with Crippen LogP contribution in [0.4, 0.5) is 0 Å². The summed E-state index contributed by atoms with van der Waals surface area (Å²) in [6.07, 6.45) is 8.41. The van der Waals surface area contributed by atoms with Crippen LogP contribution in [-0.4, -0.2) is 30.4 Å². The maximum Gasteiger partial charge on any atom is 0.223 e. The lowest BCUT2D eigenvalue weighted by Crippen LogP contribution is -2.41. The fourth-order valence-electron chi connectivity index (χ4n) is 5.86. The van der Waals surface area contributed by atoms with Crippen LogP contribution in [0, 0.1) is 11.3 Å². The van der Waals surface area contributed by atoms with Crippen molar-refractivity contribution in [2.24, 2.45) is 11.3 Å². The van der Waals surface area contributed by atoms with Crippen LogP contribution < -0.4 is 5.32 Å². The summed E-state index contributed by atoms with van der Waals surface area (Å²) < 4.78 is 0. The molecule has 1 spiro atoms. The predicted octanol–water partition coefficient (Wildman–Crippen LogP) is 4.98. The molecule has 2 saturated carbocycles. The summed E-state index contributed by atoms with van der Waals surface area (Å²) in [5, 5.41) is 7.81. The van der Waals surface area contributed by atoms with Crippen LogP contribution in [0.2, 0.25) is 0 Å². The molecule has 1 amide bonds. The molecule has 1 aliphatic heterocycles. The van der Waals surface area contributed by atoms with Crippen molar-refractivity contribution in [2.45, 2.75) is 56.9 Å². The summed E-state index contributed by atoms with van der Waals surface area (Å²) in [7, 11) is 0. The number of amides is 1. The molecule has 1 saturated heterocycles. The standard InChI is InChI=1S/C25H32N2OS/c28-23(26-19-25(9-4-5-10-25)21-6-2-1-3-7-21)22-16-24(22)11-13-27(14-12-24)17-20-8-15-29-18-20/h1-3,6-8,15,18,22H,4-5,9-14,16-17,19H2,(H,26,28)/t22-/m0/s1. The Morgan fingerprint density at radius 1 is 1.07 bits per heavy atom. The monoisotopic (exact) mass is 408 g/mol. The minimum Gasteiger partial charge on any atom is -0.355 e. The van der Waals surface area contributed by atoms with E-state index < -0.39 is 0 Å². The van der Waals surface area contributed by atoms with Gasteiger partial charge in [-0.1, -0.05) is 43.2 Å². The van der Waals surface area contributed by atoms with Gasteiger partial charge in [0.25, 0.3) is 0 Å². The van der Waals surface area contributed by atoms with Crippen molar-refractivity contribution in [3.63, 3.8) is 0 Å². The highest BCUT2D eigenvalue weighted by atomic mass is 32.1. The third-order valence-corrected chi connectivity index (χ3v) is 8.62. The van der Waals surface area contributed by atoms with Gasteiger partial charge in [0, 0.05) is 24.4 Å². The normalized spacial score (nSPS) is 25.2. The van der Waals surface area contributed by atoms with Gasteiger partial charge in [-0.05, 0) is 78.6 Å². The maximum atomic E-state index is 13.0. The van der Waals surface area contributed by atoms with Crippen molar-refractivity contribution in [2.75, 3.05) is 19.6 Å². The molecule has 3 aliphatic rings. The Balaban J connectivity index is 1.15. The van der Waals surface area contributed by atoms with Gasteiger partial charge < -0.3 is 5.32 Å². The number of thiophene rings is 1. The van der Waals surface area contributed by atoms with Gasteiger partial charge >= 0.3 is 0 Å². The molecular weight excluding hydrogens is 376 g/mol. The van der Waals surface area contributed by atoms with Crippen LogP contribution in [0.25, 0.3) is 0 Å². The molecule has 0 radical (unpaired) electrons. The number of nitrogens with zero attached hydrogens (tertiary/aromatic N) is 1. The Labute approximate surface area is 178 Å². The average Bonchev–Trinajstić information content (AvgIpc) is 3.12. The first kappa shape index (κ1) is 19.3. The number of hydrogen-bond donors (Lipinski definition) is 1. The summed E-state index contributed by atoms with van der Waals surface area (Å²) in [6.45, 7) is 4.14. The molecule has 2 heterocycles. The number of benzene rings is 1. The molecule has 0 bridgehead atoms. The molecule has 3 fully saturated rings. The number of hydrogen-bond acceptors (Lipinski definition) is 3. The Bertz CT molecular complexity index is 818. The largest absolute Gasteiger partial charge is 0.355 e. The highest BCUT2D eigenvalue weighted by Gasteiger charge is 2.58. The molecule has 1 N–H and O–H groups in total. The van der Waals surface area contributed by atoms with Gasteiger partial charge in [0.1, 0.15) is 0 Å². The molecule has 154 valence electrons. The maximum absolute atomic E-state index is 13.0. The minimum absolute atomic E-state index is 0.156. The van der Waals surface area contributed by atoms with Crippen molar-refractivity contribution in [1.82, 2.24) is 10.2 Å². The van der Waals surface area contributed by atoms with E-state index in [-0.39, 0.29) is 11.3 Å². The van der Waals surface area contributed by atoms with Crippen molar-refractivity contribution < 1.29 is 4.79 Å². The molecule has 2 aromatic rings. The first-order valence-corrected chi connectivity index (χ1v) is 12.2. The molecular formula is C25H32N2OS. The van der Waals surface area contributed by atoms with E-state index in [1.165, 1.54) is 49.7 Å². The molecule has 1 aromatic carbocycles. The van der Waals surface area contributed by atoms with Gasteiger partial charge in [-0.2, -0.15) is 11.3 Å². The molecule has 5 rings (SSSR count). The molecule has 2 aliphatic carbocycles. The van der Waals surface area contributed by atoms with E-state index in [1.807, 2.05) is 0 Å². The van der Waals surface area contributed by atoms with Crippen LogP contribution in [0.1, 0.15) is 56.1 Å². The van der Waals surface area contributed by atoms with E-state index in [9.17, 15) is 4.79 Å². The van der Waals surface area contributed by atoms with Crippen molar-refractivity contribution in [3.05, 3.63) is 58.3 Å². The number of carbonyl (C=O) groups is 1. The van der Waals surface area contributed by atoms with Crippen molar-refractivity contribution >= 4 is 17.2 Å². The lowest BCUT2D eigenvalue weighted by molar-refractivity contribution is -0.123. The van der Waals surface area contributed by atoms with E-state index >= 15 is 0 Å². The first-order chi connectivity index (χ1) is 14.2. The van der Waals surface area contributed by atoms with Gasteiger partial charge in [0.15, 0.2) is 0 Å². The Morgan fingerprint density at radius 3 is 2.52 bits per heavy atom. The Kier molecular flexibility index (Phi) is 5.25. The third-order valence-electron chi connectivity index (χ3n) is 7.89. The van der Waals surface area contributed by atoms with E-state index in [4.69, 9.17) is 0 Å². The van der Waals surface area contributed by atoms with Gasteiger partial charge in [0.05, 0.1) is 0 Å². The van der Waals surface area contributed by atoms with Gasteiger partial charge in [-0.15, -0.1) is 0 Å². The van der Waals surface area contributed by atoms with Crippen LogP contribution >= 0.6 is 11.3 Å². The zero-order chi connectivity index (χ0) is 19.7. The summed E-state index contributed by atoms with van der Waals surface area (Å²) in [4.78, 5) is 15.6.